The zero-order valence-corrected chi connectivity index (χ0v) is 14.5. The second-order valence-corrected chi connectivity index (χ2v) is 6.54. The Kier molecular flexibility index (Phi) is 5.04. The zero-order chi connectivity index (χ0) is 18.0. The van der Waals surface area contributed by atoms with Gasteiger partial charge in [0.2, 0.25) is 11.8 Å². The van der Waals surface area contributed by atoms with Gasteiger partial charge >= 0.3 is 0 Å². The Balaban J connectivity index is 1.64. The molecular weight excluding hydrogens is 343 g/mol. The molecule has 1 heterocycles. The van der Waals surface area contributed by atoms with Gasteiger partial charge in [-0.25, -0.2) is 4.39 Å². The minimum Gasteiger partial charge on any atom is -0.351 e. The SMILES string of the molecule is Cc1cc(Cl)ccc1N1CCC(C(=O)NCc2ccc(F)cc2)C1=O. The van der Waals surface area contributed by atoms with Crippen molar-refractivity contribution < 1.29 is 14.0 Å². The summed E-state index contributed by atoms with van der Waals surface area (Å²) in [6.07, 6.45) is 0.468. The van der Waals surface area contributed by atoms with Gasteiger partial charge in [-0.05, 0) is 54.8 Å². The Morgan fingerprint density at radius 3 is 2.68 bits per heavy atom. The summed E-state index contributed by atoms with van der Waals surface area (Å²) in [6.45, 7) is 2.65. The second-order valence-electron chi connectivity index (χ2n) is 6.11. The normalized spacial score (nSPS) is 17.0. The first-order valence-corrected chi connectivity index (χ1v) is 8.43. The van der Waals surface area contributed by atoms with Crippen molar-refractivity contribution in [1.82, 2.24) is 5.32 Å². The molecule has 1 N–H and O–H groups in total. The van der Waals surface area contributed by atoms with E-state index in [-0.39, 0.29) is 24.2 Å². The topological polar surface area (TPSA) is 49.4 Å². The van der Waals surface area contributed by atoms with E-state index in [2.05, 4.69) is 5.32 Å². The quantitative estimate of drug-likeness (QED) is 0.849. The Hall–Kier alpha value is -2.40. The van der Waals surface area contributed by atoms with Crippen LogP contribution in [-0.2, 0) is 16.1 Å². The molecule has 2 aromatic rings. The third kappa shape index (κ3) is 3.82. The van der Waals surface area contributed by atoms with Crippen LogP contribution in [0.15, 0.2) is 42.5 Å². The summed E-state index contributed by atoms with van der Waals surface area (Å²) < 4.78 is 12.9. The fourth-order valence-electron chi connectivity index (χ4n) is 3.00. The van der Waals surface area contributed by atoms with Crippen LogP contribution in [0, 0.1) is 18.7 Å². The standard InChI is InChI=1S/C19H18ClFN2O2/c1-12-10-14(20)4-7-17(12)23-9-8-16(19(23)25)18(24)22-11-13-2-5-15(21)6-3-13/h2-7,10,16H,8-9,11H2,1H3,(H,22,24). The van der Waals surface area contributed by atoms with Crippen molar-refractivity contribution in [3.05, 3.63) is 64.4 Å². The molecule has 0 bridgehead atoms. The number of hydrogen-bond acceptors (Lipinski definition) is 2. The molecule has 0 radical (unpaired) electrons. The fourth-order valence-corrected chi connectivity index (χ4v) is 3.23. The van der Waals surface area contributed by atoms with Gasteiger partial charge in [-0.3, -0.25) is 9.59 Å². The van der Waals surface area contributed by atoms with E-state index in [1.54, 1.807) is 35.2 Å². The van der Waals surface area contributed by atoms with Crippen molar-refractivity contribution in [3.8, 4) is 0 Å². The van der Waals surface area contributed by atoms with E-state index in [0.29, 0.717) is 18.0 Å². The number of carbonyl (C=O) groups is 2. The molecule has 1 aliphatic rings. The fraction of sp³-hybridized carbons (Fsp3) is 0.263. The molecule has 130 valence electrons. The van der Waals surface area contributed by atoms with Crippen molar-refractivity contribution in [2.24, 2.45) is 5.92 Å². The Bertz CT molecular complexity index is 808. The number of nitrogens with zero attached hydrogens (tertiary/aromatic N) is 1. The average molecular weight is 361 g/mol. The smallest absolute Gasteiger partial charge is 0.239 e. The Morgan fingerprint density at radius 2 is 2.00 bits per heavy atom. The number of hydrogen-bond donors (Lipinski definition) is 1. The Morgan fingerprint density at radius 1 is 1.28 bits per heavy atom. The number of aryl methyl sites for hydroxylation is 1. The molecular formula is C19H18ClFN2O2. The summed E-state index contributed by atoms with van der Waals surface area (Å²) in [4.78, 5) is 26.6. The summed E-state index contributed by atoms with van der Waals surface area (Å²) in [6, 6.07) is 11.2. The van der Waals surface area contributed by atoms with Gasteiger partial charge in [0.25, 0.3) is 0 Å². The second kappa shape index (κ2) is 7.23. The molecule has 1 fully saturated rings. The van der Waals surface area contributed by atoms with Crippen molar-refractivity contribution in [2.45, 2.75) is 19.9 Å². The highest BCUT2D eigenvalue weighted by molar-refractivity contribution is 6.30. The van der Waals surface area contributed by atoms with Gasteiger partial charge < -0.3 is 10.2 Å². The third-order valence-corrected chi connectivity index (χ3v) is 4.59. The van der Waals surface area contributed by atoms with E-state index < -0.39 is 5.92 Å². The number of benzene rings is 2. The molecule has 1 saturated heterocycles. The van der Waals surface area contributed by atoms with Gasteiger partial charge in [-0.2, -0.15) is 0 Å². The lowest BCUT2D eigenvalue weighted by atomic mass is 10.1. The number of amides is 2. The van der Waals surface area contributed by atoms with Crippen LogP contribution in [0.25, 0.3) is 0 Å². The molecule has 6 heteroatoms. The predicted octanol–water partition coefficient (Wildman–Crippen LogP) is 3.46. The van der Waals surface area contributed by atoms with Gasteiger partial charge in [0.05, 0.1) is 0 Å². The number of carbonyl (C=O) groups excluding carboxylic acids is 2. The largest absolute Gasteiger partial charge is 0.351 e. The number of rotatable bonds is 4. The van der Waals surface area contributed by atoms with Gasteiger partial charge in [-0.1, -0.05) is 23.7 Å². The van der Waals surface area contributed by atoms with Gasteiger partial charge in [0, 0.05) is 23.8 Å². The van der Waals surface area contributed by atoms with Crippen LogP contribution >= 0.6 is 11.6 Å². The maximum absolute atomic E-state index is 12.9. The molecule has 1 aliphatic heterocycles. The molecule has 0 saturated carbocycles. The van der Waals surface area contributed by atoms with Crippen LogP contribution in [0.1, 0.15) is 17.5 Å². The van der Waals surface area contributed by atoms with Crippen LogP contribution in [-0.4, -0.2) is 18.4 Å². The lowest BCUT2D eigenvalue weighted by Gasteiger charge is -2.19. The summed E-state index contributed by atoms with van der Waals surface area (Å²) >= 11 is 5.96. The van der Waals surface area contributed by atoms with Crippen LogP contribution in [0.5, 0.6) is 0 Å². The average Bonchev–Trinajstić information content (AvgIpc) is 2.96. The molecule has 0 aliphatic carbocycles. The highest BCUT2D eigenvalue weighted by Gasteiger charge is 2.37. The molecule has 1 atom stereocenters. The van der Waals surface area contributed by atoms with E-state index in [9.17, 15) is 14.0 Å². The summed E-state index contributed by atoms with van der Waals surface area (Å²) in [5.74, 6) is -1.53. The van der Waals surface area contributed by atoms with E-state index >= 15 is 0 Å². The molecule has 1 unspecified atom stereocenters. The molecule has 0 spiro atoms. The van der Waals surface area contributed by atoms with Crippen molar-refractivity contribution in [3.63, 3.8) is 0 Å². The molecule has 2 aromatic carbocycles. The first-order valence-electron chi connectivity index (χ1n) is 8.05. The van der Waals surface area contributed by atoms with Crippen molar-refractivity contribution >= 4 is 29.1 Å². The Labute approximate surface area is 150 Å². The number of anilines is 1. The van der Waals surface area contributed by atoms with Crippen LogP contribution < -0.4 is 10.2 Å². The van der Waals surface area contributed by atoms with Gasteiger partial charge in [-0.15, -0.1) is 0 Å². The highest BCUT2D eigenvalue weighted by Crippen LogP contribution is 2.29. The first-order chi connectivity index (χ1) is 12.0. The van der Waals surface area contributed by atoms with E-state index in [1.807, 2.05) is 6.92 Å². The molecule has 3 rings (SSSR count). The first kappa shape index (κ1) is 17.4. The summed E-state index contributed by atoms with van der Waals surface area (Å²) in [5.41, 5.74) is 2.46. The van der Waals surface area contributed by atoms with Crippen LogP contribution in [0.4, 0.5) is 10.1 Å². The molecule has 0 aromatic heterocycles. The summed E-state index contributed by atoms with van der Waals surface area (Å²) in [7, 11) is 0. The van der Waals surface area contributed by atoms with Gasteiger partial charge in [0.1, 0.15) is 11.7 Å². The minimum absolute atomic E-state index is 0.206. The van der Waals surface area contributed by atoms with E-state index in [4.69, 9.17) is 11.6 Å². The van der Waals surface area contributed by atoms with Crippen LogP contribution in [0.2, 0.25) is 5.02 Å². The molecule has 25 heavy (non-hydrogen) atoms. The number of nitrogens with one attached hydrogen (secondary N) is 1. The lowest BCUT2D eigenvalue weighted by Crippen LogP contribution is -2.36. The summed E-state index contributed by atoms with van der Waals surface area (Å²) in [5, 5.41) is 3.37. The minimum atomic E-state index is -0.699. The monoisotopic (exact) mass is 360 g/mol. The molecule has 2 amide bonds. The zero-order valence-electron chi connectivity index (χ0n) is 13.8. The van der Waals surface area contributed by atoms with Crippen molar-refractivity contribution in [2.75, 3.05) is 11.4 Å². The van der Waals surface area contributed by atoms with E-state index in [0.717, 1.165) is 16.8 Å². The highest BCUT2D eigenvalue weighted by atomic mass is 35.5. The van der Waals surface area contributed by atoms with E-state index in [1.165, 1.54) is 12.1 Å². The number of halogens is 2. The van der Waals surface area contributed by atoms with Crippen molar-refractivity contribution in [1.29, 1.82) is 0 Å². The van der Waals surface area contributed by atoms with Crippen LogP contribution in [0.3, 0.4) is 0 Å². The maximum atomic E-state index is 12.9. The third-order valence-electron chi connectivity index (χ3n) is 4.35. The maximum Gasteiger partial charge on any atom is 0.239 e. The lowest BCUT2D eigenvalue weighted by molar-refractivity contribution is -0.132. The molecule has 4 nitrogen and oxygen atoms in total. The van der Waals surface area contributed by atoms with Gasteiger partial charge in [0.15, 0.2) is 0 Å². The predicted molar refractivity (Wildman–Crippen MR) is 94.9 cm³/mol.